The quantitative estimate of drug-likeness (QED) is 0.0848. The van der Waals surface area contributed by atoms with Gasteiger partial charge in [0, 0.05) is 83.1 Å². The Bertz CT molecular complexity index is 2320. The number of benzene rings is 4. The van der Waals surface area contributed by atoms with Gasteiger partial charge in [0.25, 0.3) is 5.91 Å². The average molecular weight is 724 g/mol. The first kappa shape index (κ1) is 34.9. The van der Waals surface area contributed by atoms with E-state index in [-0.39, 0.29) is 36.4 Å². The fourth-order valence-electron chi connectivity index (χ4n) is 8.10. The van der Waals surface area contributed by atoms with Gasteiger partial charge in [-0.25, -0.2) is 17.6 Å². The third kappa shape index (κ3) is 6.68. The van der Waals surface area contributed by atoms with Gasteiger partial charge < -0.3 is 25.3 Å². The van der Waals surface area contributed by atoms with E-state index in [2.05, 4.69) is 20.6 Å². The molecule has 0 fully saturated rings. The predicted molar refractivity (Wildman–Crippen MR) is 198 cm³/mol. The molecular weight excluding hydrogens is 682 g/mol. The van der Waals surface area contributed by atoms with E-state index in [0.717, 1.165) is 44.2 Å². The Balaban J connectivity index is 0.937. The molecule has 2 aromatic heterocycles. The van der Waals surface area contributed by atoms with Gasteiger partial charge in [-0.2, -0.15) is 0 Å². The Labute approximate surface area is 304 Å². The SMILES string of the molecule is C[C@H]1Cc2c([nH]c3ccccc23)[C@H](c2c(F)cc(OCCNCc3ccc(-c4[nH]c5cc(F)cc6c5c4CCNC6=O)cc3)cc2F)N1CC(C)(C)F. The van der Waals surface area contributed by atoms with Crippen LogP contribution in [0.2, 0.25) is 0 Å². The van der Waals surface area contributed by atoms with Crippen molar-refractivity contribution in [3.8, 4) is 17.0 Å². The molecule has 1 amide bonds. The zero-order valence-corrected chi connectivity index (χ0v) is 29.8. The fraction of sp³-hybridized carbons (Fsp3) is 0.310. The normalized spacial score (nSPS) is 17.6. The summed E-state index contributed by atoms with van der Waals surface area (Å²) in [5, 5.41) is 7.91. The number of carbonyl (C=O) groups is 1. The van der Waals surface area contributed by atoms with Gasteiger partial charge in [0.15, 0.2) is 0 Å². The molecule has 2 atom stereocenters. The highest BCUT2D eigenvalue weighted by molar-refractivity contribution is 6.10. The van der Waals surface area contributed by atoms with E-state index in [1.165, 1.54) is 38.1 Å². The number of carbonyl (C=O) groups excluding carboxylic acids is 1. The van der Waals surface area contributed by atoms with Crippen molar-refractivity contribution in [2.45, 2.75) is 57.9 Å². The van der Waals surface area contributed by atoms with Gasteiger partial charge in [-0.15, -0.1) is 0 Å². The van der Waals surface area contributed by atoms with Crippen LogP contribution in [0.3, 0.4) is 0 Å². The Kier molecular flexibility index (Phi) is 9.02. The number of hydrogen-bond acceptors (Lipinski definition) is 4. The highest BCUT2D eigenvalue weighted by atomic mass is 19.1. The summed E-state index contributed by atoms with van der Waals surface area (Å²) in [5.41, 5.74) is 5.56. The van der Waals surface area contributed by atoms with Gasteiger partial charge in [0.05, 0.1) is 11.6 Å². The molecule has 2 aliphatic heterocycles. The van der Waals surface area contributed by atoms with Crippen molar-refractivity contribution in [3.63, 3.8) is 0 Å². The lowest BCUT2D eigenvalue weighted by Crippen LogP contribution is -2.48. The number of nitrogens with zero attached hydrogens (tertiary/aromatic N) is 1. The lowest BCUT2D eigenvalue weighted by Gasteiger charge is -2.43. The van der Waals surface area contributed by atoms with Gasteiger partial charge in [-0.1, -0.05) is 42.5 Å². The Morgan fingerprint density at radius 3 is 2.45 bits per heavy atom. The van der Waals surface area contributed by atoms with Crippen LogP contribution in [-0.4, -0.2) is 58.7 Å². The maximum Gasteiger partial charge on any atom is 0.252 e. The topological polar surface area (TPSA) is 85.2 Å². The van der Waals surface area contributed by atoms with Crippen LogP contribution in [0.1, 0.15) is 65.1 Å². The summed E-state index contributed by atoms with van der Waals surface area (Å²) in [5.74, 6) is -2.16. The standard InChI is InChI=1S/C42H41F4N5O2/c1-23-16-30-28-6-4-5-7-34(28)49-39(30)40(51(23)22-42(2,3)46)37-32(44)19-27(20-33(37)45)53-15-14-47-21-24-8-10-25(11-9-24)38-29-12-13-48-41(52)31-17-26(43)18-35(50-38)36(29)31/h4-11,17-20,23,40,47,49-50H,12-16,21-22H2,1-3H3,(H,48,52)/t23-,40-/m0/s1. The molecule has 0 radical (unpaired) electrons. The van der Waals surface area contributed by atoms with Crippen molar-refractivity contribution in [2.75, 3.05) is 26.2 Å². The Hall–Kier alpha value is -5.13. The third-order valence-electron chi connectivity index (χ3n) is 10.4. The van der Waals surface area contributed by atoms with Crippen molar-refractivity contribution in [1.82, 2.24) is 25.5 Å². The molecule has 0 unspecified atom stereocenters. The molecule has 53 heavy (non-hydrogen) atoms. The van der Waals surface area contributed by atoms with Gasteiger partial charge in [-0.3, -0.25) is 9.69 Å². The Morgan fingerprint density at radius 2 is 1.70 bits per heavy atom. The van der Waals surface area contributed by atoms with Crippen LogP contribution in [0.4, 0.5) is 17.6 Å². The molecule has 8 rings (SSSR count). The number of aromatic nitrogens is 2. The number of halogens is 4. The molecule has 4 aromatic carbocycles. The number of alkyl halides is 1. The average Bonchev–Trinajstić information content (AvgIpc) is 3.61. The highest BCUT2D eigenvalue weighted by Crippen LogP contribution is 2.44. The maximum atomic E-state index is 16.0. The molecule has 6 aromatic rings. The first-order valence-corrected chi connectivity index (χ1v) is 18.0. The number of nitrogens with one attached hydrogen (secondary N) is 4. The molecule has 4 heterocycles. The van der Waals surface area contributed by atoms with Crippen molar-refractivity contribution in [3.05, 3.63) is 124 Å². The smallest absolute Gasteiger partial charge is 0.252 e. The summed E-state index contributed by atoms with van der Waals surface area (Å²) in [6.45, 7) is 6.53. The van der Waals surface area contributed by atoms with Crippen LogP contribution in [0.15, 0.2) is 72.8 Å². The lowest BCUT2D eigenvalue weighted by molar-refractivity contribution is 0.0642. The van der Waals surface area contributed by atoms with Crippen molar-refractivity contribution < 1.29 is 27.1 Å². The molecule has 0 aliphatic carbocycles. The summed E-state index contributed by atoms with van der Waals surface area (Å²) in [6.07, 6.45) is 1.25. The number of hydrogen-bond donors (Lipinski definition) is 4. The molecule has 0 saturated carbocycles. The van der Waals surface area contributed by atoms with Crippen LogP contribution < -0.4 is 15.4 Å². The summed E-state index contributed by atoms with van der Waals surface area (Å²) in [4.78, 5) is 21.1. The number of para-hydroxylation sites is 1. The summed E-state index contributed by atoms with van der Waals surface area (Å²) in [7, 11) is 0. The largest absolute Gasteiger partial charge is 0.492 e. The molecule has 274 valence electrons. The molecule has 7 nitrogen and oxygen atoms in total. The van der Waals surface area contributed by atoms with E-state index in [0.29, 0.717) is 49.2 Å². The molecule has 0 bridgehead atoms. The maximum absolute atomic E-state index is 16.0. The zero-order valence-electron chi connectivity index (χ0n) is 29.8. The molecule has 0 spiro atoms. The summed E-state index contributed by atoms with van der Waals surface area (Å²) in [6, 6.07) is 19.9. The van der Waals surface area contributed by atoms with E-state index >= 15 is 13.2 Å². The van der Waals surface area contributed by atoms with Crippen molar-refractivity contribution >= 4 is 27.7 Å². The van der Waals surface area contributed by atoms with E-state index in [9.17, 15) is 9.18 Å². The molecular formula is C42H41F4N5O2. The second-order valence-corrected chi connectivity index (χ2v) is 14.8. The number of aromatic amines is 2. The molecule has 0 saturated heterocycles. The number of amides is 1. The highest BCUT2D eigenvalue weighted by Gasteiger charge is 2.41. The van der Waals surface area contributed by atoms with Gasteiger partial charge in [0.2, 0.25) is 0 Å². The van der Waals surface area contributed by atoms with E-state index in [1.54, 1.807) is 0 Å². The predicted octanol–water partition coefficient (Wildman–Crippen LogP) is 8.27. The number of ether oxygens (including phenoxy) is 1. The first-order chi connectivity index (χ1) is 25.4. The first-order valence-electron chi connectivity index (χ1n) is 18.0. The minimum Gasteiger partial charge on any atom is -0.492 e. The second-order valence-electron chi connectivity index (χ2n) is 14.8. The van der Waals surface area contributed by atoms with Crippen molar-refractivity contribution in [1.29, 1.82) is 0 Å². The van der Waals surface area contributed by atoms with Crippen LogP contribution in [0.5, 0.6) is 5.75 Å². The summed E-state index contributed by atoms with van der Waals surface area (Å²) < 4.78 is 67.2. The molecule has 4 N–H and O–H groups in total. The molecule has 2 aliphatic rings. The van der Waals surface area contributed by atoms with E-state index in [4.69, 9.17) is 4.74 Å². The summed E-state index contributed by atoms with van der Waals surface area (Å²) >= 11 is 0. The minimum atomic E-state index is -1.58. The van der Waals surface area contributed by atoms with Crippen LogP contribution in [0.25, 0.3) is 33.1 Å². The lowest BCUT2D eigenvalue weighted by atomic mass is 9.87. The monoisotopic (exact) mass is 723 g/mol. The third-order valence-corrected chi connectivity index (χ3v) is 10.4. The van der Waals surface area contributed by atoms with Crippen LogP contribution >= 0.6 is 0 Å². The van der Waals surface area contributed by atoms with Gasteiger partial charge in [-0.05, 0) is 74.1 Å². The van der Waals surface area contributed by atoms with Gasteiger partial charge in [0.1, 0.15) is 35.5 Å². The number of fused-ring (bicyclic) bond motifs is 3. The van der Waals surface area contributed by atoms with Crippen LogP contribution in [0, 0.1) is 17.5 Å². The molecule has 11 heteroatoms. The van der Waals surface area contributed by atoms with Crippen LogP contribution in [-0.2, 0) is 19.4 Å². The van der Waals surface area contributed by atoms with E-state index < -0.39 is 29.2 Å². The minimum absolute atomic E-state index is 0.00512. The van der Waals surface area contributed by atoms with Gasteiger partial charge >= 0.3 is 0 Å². The Morgan fingerprint density at radius 1 is 0.943 bits per heavy atom. The second kappa shape index (κ2) is 13.7. The number of rotatable bonds is 10. The number of H-pyrrole nitrogens is 2. The van der Waals surface area contributed by atoms with E-state index in [1.807, 2.05) is 60.4 Å². The fourth-order valence-corrected chi connectivity index (χ4v) is 8.10. The zero-order chi connectivity index (χ0) is 37.0. The van der Waals surface area contributed by atoms with Crippen molar-refractivity contribution in [2.24, 2.45) is 0 Å².